The third-order valence-electron chi connectivity index (χ3n) is 3.91. The Hall–Kier alpha value is -3.10. The molecule has 0 N–H and O–H groups in total. The molecule has 3 rings (SSSR count). The standard InChI is InChI=1S/C17H18N2O7/c1-11(12-4-5-13-14(7-12)25-10-24-13)18-26-9-17(22)23-8-16(21)19-6-2-3-15(19)20/h4-5,7H,2-3,6,8-10H2,1H3. The lowest BCUT2D eigenvalue weighted by molar-refractivity contribution is -0.157. The van der Waals surface area contributed by atoms with E-state index in [1.54, 1.807) is 25.1 Å². The van der Waals surface area contributed by atoms with Gasteiger partial charge < -0.3 is 19.0 Å². The molecule has 1 aromatic carbocycles. The highest BCUT2D eigenvalue weighted by atomic mass is 16.7. The molecule has 0 radical (unpaired) electrons. The SMILES string of the molecule is CC(=NOCC(=O)OCC(=O)N1CCCC1=O)c1ccc2c(c1)OCO2. The monoisotopic (exact) mass is 362 g/mol. The van der Waals surface area contributed by atoms with Crippen LogP contribution in [0, 0.1) is 0 Å². The van der Waals surface area contributed by atoms with E-state index in [1.807, 2.05) is 0 Å². The molecule has 0 unspecified atom stereocenters. The molecule has 0 atom stereocenters. The molecule has 1 saturated heterocycles. The second-order valence-corrected chi connectivity index (χ2v) is 5.72. The highest BCUT2D eigenvalue weighted by Crippen LogP contribution is 2.32. The number of rotatable bonds is 6. The fourth-order valence-electron chi connectivity index (χ4n) is 2.53. The first-order chi connectivity index (χ1) is 12.5. The lowest BCUT2D eigenvalue weighted by Crippen LogP contribution is -2.35. The van der Waals surface area contributed by atoms with Crippen molar-refractivity contribution in [2.45, 2.75) is 19.8 Å². The molecule has 0 spiro atoms. The van der Waals surface area contributed by atoms with Crippen LogP contribution in [-0.4, -0.2) is 54.9 Å². The molecule has 0 saturated carbocycles. The number of ether oxygens (including phenoxy) is 3. The molecule has 2 aliphatic rings. The first kappa shape index (κ1) is 17.7. The number of amides is 2. The lowest BCUT2D eigenvalue weighted by Gasteiger charge is -2.13. The molecule has 2 amide bonds. The number of carbonyl (C=O) groups is 3. The van der Waals surface area contributed by atoms with Gasteiger partial charge in [0.2, 0.25) is 19.3 Å². The Balaban J connectivity index is 1.43. The van der Waals surface area contributed by atoms with Crippen LogP contribution in [0.4, 0.5) is 0 Å². The Morgan fingerprint density at radius 3 is 2.81 bits per heavy atom. The van der Waals surface area contributed by atoms with Crippen LogP contribution in [0.15, 0.2) is 23.4 Å². The first-order valence-electron chi connectivity index (χ1n) is 8.10. The number of imide groups is 1. The van der Waals surface area contributed by atoms with Gasteiger partial charge in [-0.2, -0.15) is 0 Å². The number of nitrogens with zero attached hydrogens (tertiary/aromatic N) is 2. The van der Waals surface area contributed by atoms with E-state index >= 15 is 0 Å². The number of hydrogen-bond donors (Lipinski definition) is 0. The maximum atomic E-state index is 11.8. The van der Waals surface area contributed by atoms with E-state index in [-0.39, 0.29) is 12.7 Å². The third-order valence-corrected chi connectivity index (χ3v) is 3.91. The molecular formula is C17H18N2O7. The van der Waals surface area contributed by atoms with E-state index in [1.165, 1.54) is 0 Å². The number of hydrogen-bond acceptors (Lipinski definition) is 8. The number of oxime groups is 1. The normalized spacial score (nSPS) is 16.0. The van der Waals surface area contributed by atoms with Crippen LogP contribution in [-0.2, 0) is 24.0 Å². The summed E-state index contributed by atoms with van der Waals surface area (Å²) < 4.78 is 15.3. The maximum Gasteiger partial charge on any atom is 0.347 e. The zero-order valence-electron chi connectivity index (χ0n) is 14.2. The molecule has 1 aromatic rings. The molecular weight excluding hydrogens is 344 g/mol. The van der Waals surface area contributed by atoms with Gasteiger partial charge in [0.1, 0.15) is 0 Å². The molecule has 9 nitrogen and oxygen atoms in total. The quantitative estimate of drug-likeness (QED) is 0.420. The minimum Gasteiger partial charge on any atom is -0.454 e. The lowest BCUT2D eigenvalue weighted by atomic mass is 10.1. The van der Waals surface area contributed by atoms with Crippen LogP contribution in [0.1, 0.15) is 25.3 Å². The highest BCUT2D eigenvalue weighted by Gasteiger charge is 2.27. The van der Waals surface area contributed by atoms with Gasteiger partial charge in [0.15, 0.2) is 18.1 Å². The topological polar surface area (TPSA) is 104 Å². The molecule has 2 aliphatic heterocycles. The van der Waals surface area contributed by atoms with E-state index < -0.39 is 25.1 Å². The van der Waals surface area contributed by atoms with Gasteiger partial charge in [0.05, 0.1) is 5.71 Å². The van der Waals surface area contributed by atoms with Crippen molar-refractivity contribution in [1.29, 1.82) is 0 Å². The summed E-state index contributed by atoms with van der Waals surface area (Å²) >= 11 is 0. The van der Waals surface area contributed by atoms with Crippen LogP contribution in [0.5, 0.6) is 11.5 Å². The van der Waals surface area contributed by atoms with Crippen molar-refractivity contribution in [3.05, 3.63) is 23.8 Å². The minimum atomic E-state index is -0.743. The van der Waals surface area contributed by atoms with Gasteiger partial charge in [0.25, 0.3) is 5.91 Å². The van der Waals surface area contributed by atoms with Crippen LogP contribution in [0.25, 0.3) is 0 Å². The van der Waals surface area contributed by atoms with Crippen LogP contribution >= 0.6 is 0 Å². The molecule has 0 bridgehead atoms. The summed E-state index contributed by atoms with van der Waals surface area (Å²) in [5.41, 5.74) is 1.29. The number of benzene rings is 1. The number of esters is 1. The Morgan fingerprint density at radius 2 is 2.04 bits per heavy atom. The predicted molar refractivity (Wildman–Crippen MR) is 87.6 cm³/mol. The summed E-state index contributed by atoms with van der Waals surface area (Å²) in [6, 6.07) is 5.31. The van der Waals surface area contributed by atoms with Gasteiger partial charge in [-0.05, 0) is 31.5 Å². The fraction of sp³-hybridized carbons (Fsp3) is 0.412. The molecule has 9 heteroatoms. The summed E-state index contributed by atoms with van der Waals surface area (Å²) in [7, 11) is 0. The van der Waals surface area contributed by atoms with Crippen molar-refractivity contribution in [3.8, 4) is 11.5 Å². The van der Waals surface area contributed by atoms with Crippen LogP contribution in [0.2, 0.25) is 0 Å². The maximum absolute atomic E-state index is 11.8. The molecule has 138 valence electrons. The first-order valence-corrected chi connectivity index (χ1v) is 8.10. The van der Waals surface area contributed by atoms with E-state index in [9.17, 15) is 14.4 Å². The Morgan fingerprint density at radius 1 is 1.23 bits per heavy atom. The summed E-state index contributed by atoms with van der Waals surface area (Å²) in [6.07, 6.45) is 0.978. The van der Waals surface area contributed by atoms with Crippen molar-refractivity contribution in [2.24, 2.45) is 5.16 Å². The van der Waals surface area contributed by atoms with E-state index in [4.69, 9.17) is 19.0 Å². The Kier molecular flexibility index (Phi) is 5.35. The van der Waals surface area contributed by atoms with Gasteiger partial charge in [-0.1, -0.05) is 5.16 Å². The predicted octanol–water partition coefficient (Wildman–Crippen LogP) is 0.848. The van der Waals surface area contributed by atoms with Gasteiger partial charge in [-0.15, -0.1) is 0 Å². The van der Waals surface area contributed by atoms with E-state index in [0.717, 1.165) is 10.5 Å². The van der Waals surface area contributed by atoms with E-state index in [0.29, 0.717) is 36.6 Å². The molecule has 0 aliphatic carbocycles. The third kappa shape index (κ3) is 4.11. The summed E-state index contributed by atoms with van der Waals surface area (Å²) in [5.74, 6) is -0.238. The summed E-state index contributed by atoms with van der Waals surface area (Å²) in [5, 5.41) is 3.85. The average Bonchev–Trinajstić information content (AvgIpc) is 3.27. The van der Waals surface area contributed by atoms with Gasteiger partial charge in [0, 0.05) is 18.5 Å². The van der Waals surface area contributed by atoms with Crippen molar-refractivity contribution < 1.29 is 33.4 Å². The number of likely N-dealkylation sites (tertiary alicyclic amines) is 1. The largest absolute Gasteiger partial charge is 0.454 e. The summed E-state index contributed by atoms with van der Waals surface area (Å²) in [4.78, 5) is 40.8. The highest BCUT2D eigenvalue weighted by molar-refractivity contribution is 5.99. The minimum absolute atomic E-state index is 0.180. The van der Waals surface area contributed by atoms with Crippen molar-refractivity contribution in [3.63, 3.8) is 0 Å². The van der Waals surface area contributed by atoms with E-state index in [2.05, 4.69) is 5.16 Å². The van der Waals surface area contributed by atoms with Crippen molar-refractivity contribution >= 4 is 23.5 Å². The fourth-order valence-corrected chi connectivity index (χ4v) is 2.53. The molecule has 1 fully saturated rings. The molecule has 0 aromatic heterocycles. The summed E-state index contributed by atoms with van der Waals surface area (Å²) in [6.45, 7) is 1.33. The number of carbonyl (C=O) groups excluding carboxylic acids is 3. The van der Waals surface area contributed by atoms with Gasteiger partial charge in [-0.3, -0.25) is 14.5 Å². The Bertz CT molecular complexity index is 759. The Labute approximate surface area is 149 Å². The van der Waals surface area contributed by atoms with Gasteiger partial charge >= 0.3 is 5.97 Å². The van der Waals surface area contributed by atoms with Crippen molar-refractivity contribution in [2.75, 3.05) is 26.6 Å². The smallest absolute Gasteiger partial charge is 0.347 e. The zero-order chi connectivity index (χ0) is 18.5. The second-order valence-electron chi connectivity index (χ2n) is 5.72. The van der Waals surface area contributed by atoms with Crippen LogP contribution in [0.3, 0.4) is 0 Å². The second kappa shape index (κ2) is 7.85. The van der Waals surface area contributed by atoms with Crippen molar-refractivity contribution in [1.82, 2.24) is 4.90 Å². The average molecular weight is 362 g/mol. The van der Waals surface area contributed by atoms with Gasteiger partial charge in [-0.25, -0.2) is 4.79 Å². The van der Waals surface area contributed by atoms with Crippen LogP contribution < -0.4 is 9.47 Å². The molecule has 2 heterocycles. The zero-order valence-corrected chi connectivity index (χ0v) is 14.2. The number of fused-ring (bicyclic) bond motifs is 1. The molecule has 26 heavy (non-hydrogen) atoms.